The van der Waals surface area contributed by atoms with E-state index in [9.17, 15) is 0 Å². The van der Waals surface area contributed by atoms with Crippen LogP contribution in [0.25, 0.3) is 12.2 Å². The highest BCUT2D eigenvalue weighted by Crippen LogP contribution is 2.28. The van der Waals surface area contributed by atoms with Crippen LogP contribution in [0.4, 0.5) is 17.2 Å². The van der Waals surface area contributed by atoms with E-state index in [1.54, 1.807) is 6.20 Å². The summed E-state index contributed by atoms with van der Waals surface area (Å²) in [6.45, 7) is 8.97. The Morgan fingerprint density at radius 1 is 0.893 bits per heavy atom. The number of hydrogen-bond acceptors (Lipinski definition) is 5. The molecule has 3 rings (SSSR count). The standard InChI is InChI=1S/C23H23N5/c1-3-16-28(17-4-2)22-18-24-27-26-23(22)25-21-13-9-8-12-20(21)15-14-19-10-6-5-7-11-19/h3-15,18H,1-2,16-17H2,(H,24,25,26)/b15-14+. The number of hydrogen-bond donors (Lipinski definition) is 1. The largest absolute Gasteiger partial charge is 0.360 e. The van der Waals surface area contributed by atoms with E-state index < -0.39 is 0 Å². The van der Waals surface area contributed by atoms with Crippen molar-refractivity contribution in [2.75, 3.05) is 23.3 Å². The Hall–Kier alpha value is -3.73. The molecule has 0 saturated heterocycles. The van der Waals surface area contributed by atoms with E-state index in [4.69, 9.17) is 0 Å². The van der Waals surface area contributed by atoms with Gasteiger partial charge < -0.3 is 10.2 Å². The van der Waals surface area contributed by atoms with E-state index >= 15 is 0 Å². The van der Waals surface area contributed by atoms with E-state index in [2.05, 4.69) is 69.1 Å². The maximum absolute atomic E-state index is 4.21. The summed E-state index contributed by atoms with van der Waals surface area (Å²) in [6, 6.07) is 18.3. The van der Waals surface area contributed by atoms with Crippen molar-refractivity contribution in [3.8, 4) is 0 Å². The third-order valence-corrected chi connectivity index (χ3v) is 4.13. The van der Waals surface area contributed by atoms with Gasteiger partial charge in [-0.3, -0.25) is 0 Å². The highest BCUT2D eigenvalue weighted by Gasteiger charge is 2.12. The van der Waals surface area contributed by atoms with Gasteiger partial charge >= 0.3 is 0 Å². The van der Waals surface area contributed by atoms with Crippen molar-refractivity contribution in [1.82, 2.24) is 15.4 Å². The summed E-state index contributed by atoms with van der Waals surface area (Å²) in [4.78, 5) is 2.08. The van der Waals surface area contributed by atoms with Crippen LogP contribution in [0.2, 0.25) is 0 Å². The molecule has 1 heterocycles. The number of rotatable bonds is 9. The predicted octanol–water partition coefficient (Wildman–Crippen LogP) is 4.96. The topological polar surface area (TPSA) is 53.9 Å². The normalized spacial score (nSPS) is 10.6. The fraction of sp³-hybridized carbons (Fsp3) is 0.0870. The first kappa shape index (κ1) is 19.0. The van der Waals surface area contributed by atoms with Crippen molar-refractivity contribution in [3.63, 3.8) is 0 Å². The van der Waals surface area contributed by atoms with Crippen LogP contribution in [-0.2, 0) is 0 Å². The minimum atomic E-state index is 0.638. The number of benzene rings is 2. The summed E-state index contributed by atoms with van der Waals surface area (Å²) in [7, 11) is 0. The van der Waals surface area contributed by atoms with Crippen molar-refractivity contribution in [1.29, 1.82) is 0 Å². The molecule has 0 aliphatic carbocycles. The third-order valence-electron chi connectivity index (χ3n) is 4.13. The monoisotopic (exact) mass is 369 g/mol. The fourth-order valence-electron chi connectivity index (χ4n) is 2.80. The van der Waals surface area contributed by atoms with Crippen LogP contribution in [0, 0.1) is 0 Å². The average Bonchev–Trinajstić information content (AvgIpc) is 2.74. The second-order valence-corrected chi connectivity index (χ2v) is 6.11. The summed E-state index contributed by atoms with van der Waals surface area (Å²) < 4.78 is 0. The molecule has 0 atom stereocenters. The van der Waals surface area contributed by atoms with E-state index in [0.29, 0.717) is 18.9 Å². The molecule has 1 N–H and O–H groups in total. The predicted molar refractivity (Wildman–Crippen MR) is 118 cm³/mol. The molecular weight excluding hydrogens is 346 g/mol. The number of nitrogens with zero attached hydrogens (tertiary/aromatic N) is 4. The molecule has 0 unspecified atom stereocenters. The van der Waals surface area contributed by atoms with Crippen LogP contribution in [0.5, 0.6) is 0 Å². The molecule has 0 fully saturated rings. The van der Waals surface area contributed by atoms with E-state index in [1.165, 1.54) is 0 Å². The van der Waals surface area contributed by atoms with Crippen molar-refractivity contribution < 1.29 is 0 Å². The highest BCUT2D eigenvalue weighted by atomic mass is 15.3. The average molecular weight is 369 g/mol. The Balaban J connectivity index is 1.90. The lowest BCUT2D eigenvalue weighted by molar-refractivity contribution is 0.846. The van der Waals surface area contributed by atoms with E-state index in [0.717, 1.165) is 22.5 Å². The Kier molecular flexibility index (Phi) is 6.68. The molecule has 5 heteroatoms. The maximum atomic E-state index is 4.21. The molecule has 0 saturated carbocycles. The van der Waals surface area contributed by atoms with Gasteiger partial charge in [-0.05, 0) is 22.4 Å². The number of anilines is 3. The SMILES string of the molecule is C=CCN(CC=C)c1cnnnc1Nc1ccccc1/C=C/c1ccccc1. The fourth-order valence-corrected chi connectivity index (χ4v) is 2.80. The number of nitrogens with one attached hydrogen (secondary N) is 1. The maximum Gasteiger partial charge on any atom is 0.180 e. The van der Waals surface area contributed by atoms with Gasteiger partial charge in [0.25, 0.3) is 0 Å². The quantitative estimate of drug-likeness (QED) is 0.426. The van der Waals surface area contributed by atoms with Gasteiger partial charge in [-0.1, -0.05) is 72.8 Å². The van der Waals surface area contributed by atoms with Gasteiger partial charge in [-0.2, -0.15) is 0 Å². The van der Waals surface area contributed by atoms with E-state index in [-0.39, 0.29) is 0 Å². The van der Waals surface area contributed by atoms with Crippen LogP contribution in [0.3, 0.4) is 0 Å². The molecule has 3 aromatic rings. The zero-order valence-corrected chi connectivity index (χ0v) is 15.7. The lowest BCUT2D eigenvalue weighted by Gasteiger charge is -2.23. The Morgan fingerprint density at radius 2 is 1.61 bits per heavy atom. The molecule has 2 aromatic carbocycles. The summed E-state index contributed by atoms with van der Waals surface area (Å²) in [5.41, 5.74) is 3.98. The van der Waals surface area contributed by atoms with E-state index in [1.807, 2.05) is 48.6 Å². The molecular formula is C23H23N5. The van der Waals surface area contributed by atoms with Crippen molar-refractivity contribution in [2.45, 2.75) is 0 Å². The molecule has 28 heavy (non-hydrogen) atoms. The van der Waals surface area contributed by atoms with Gasteiger partial charge in [0.2, 0.25) is 0 Å². The zero-order chi connectivity index (χ0) is 19.6. The minimum Gasteiger partial charge on any atom is -0.360 e. The number of para-hydroxylation sites is 1. The van der Waals surface area contributed by atoms with Gasteiger partial charge in [0.05, 0.1) is 6.20 Å². The molecule has 0 amide bonds. The summed E-state index contributed by atoms with van der Waals surface area (Å²) in [6.07, 6.45) is 9.54. The lowest BCUT2D eigenvalue weighted by atomic mass is 10.1. The smallest absolute Gasteiger partial charge is 0.180 e. The first-order chi connectivity index (χ1) is 13.8. The highest BCUT2D eigenvalue weighted by molar-refractivity contribution is 5.80. The van der Waals surface area contributed by atoms with Crippen LogP contribution < -0.4 is 10.2 Å². The summed E-state index contributed by atoms with van der Waals surface area (Å²) in [5, 5.41) is 15.4. The van der Waals surface area contributed by atoms with Gasteiger partial charge in [-0.25, -0.2) is 0 Å². The Labute approximate surface area is 165 Å². The third kappa shape index (κ3) is 4.92. The van der Waals surface area contributed by atoms with Crippen molar-refractivity contribution >= 4 is 29.3 Å². The molecule has 0 bridgehead atoms. The molecule has 0 aliphatic heterocycles. The first-order valence-corrected chi connectivity index (χ1v) is 9.06. The summed E-state index contributed by atoms with van der Waals surface area (Å²) in [5.74, 6) is 0.638. The van der Waals surface area contributed by atoms with Crippen molar-refractivity contribution in [2.24, 2.45) is 0 Å². The van der Waals surface area contributed by atoms with Gasteiger partial charge in [0.1, 0.15) is 5.69 Å². The molecule has 0 aliphatic rings. The van der Waals surface area contributed by atoms with Gasteiger partial charge in [0.15, 0.2) is 5.82 Å². The number of aromatic nitrogens is 3. The lowest BCUT2D eigenvalue weighted by Crippen LogP contribution is -2.24. The van der Waals surface area contributed by atoms with Crippen molar-refractivity contribution in [3.05, 3.63) is 97.2 Å². The van der Waals surface area contributed by atoms with Crippen LogP contribution in [0.15, 0.2) is 86.1 Å². The zero-order valence-electron chi connectivity index (χ0n) is 15.7. The molecule has 0 spiro atoms. The Morgan fingerprint density at radius 3 is 2.36 bits per heavy atom. The molecule has 5 nitrogen and oxygen atoms in total. The summed E-state index contributed by atoms with van der Waals surface area (Å²) >= 11 is 0. The second kappa shape index (κ2) is 9.83. The van der Waals surface area contributed by atoms with Crippen LogP contribution in [0.1, 0.15) is 11.1 Å². The first-order valence-electron chi connectivity index (χ1n) is 9.06. The van der Waals surface area contributed by atoms with Gasteiger partial charge in [0, 0.05) is 18.8 Å². The molecule has 1 aromatic heterocycles. The molecule has 140 valence electrons. The minimum absolute atomic E-state index is 0.638. The van der Waals surface area contributed by atoms with Crippen LogP contribution in [-0.4, -0.2) is 28.5 Å². The molecule has 0 radical (unpaired) electrons. The second-order valence-electron chi connectivity index (χ2n) is 6.11. The van der Waals surface area contributed by atoms with Crippen LogP contribution >= 0.6 is 0 Å². The van der Waals surface area contributed by atoms with Gasteiger partial charge in [-0.15, -0.1) is 23.4 Å². The Bertz CT molecular complexity index is 940.